The quantitative estimate of drug-likeness (QED) is 0.551. The highest BCUT2D eigenvalue weighted by Gasteiger charge is 2.32. The third-order valence-corrected chi connectivity index (χ3v) is 7.64. The van der Waals surface area contributed by atoms with Gasteiger partial charge in [0.15, 0.2) is 5.82 Å². The topological polar surface area (TPSA) is 85.5 Å². The molecule has 31 heavy (non-hydrogen) atoms. The number of aromatic nitrogens is 2. The van der Waals surface area contributed by atoms with Gasteiger partial charge in [-0.1, -0.05) is 47.6 Å². The predicted octanol–water partition coefficient (Wildman–Crippen LogP) is 3.97. The Balaban J connectivity index is 1.33. The van der Waals surface area contributed by atoms with Crippen molar-refractivity contribution in [1.82, 2.24) is 14.4 Å². The summed E-state index contributed by atoms with van der Waals surface area (Å²) in [4.78, 5) is 4.86. The maximum atomic E-state index is 13.1. The van der Waals surface area contributed by atoms with E-state index in [1.165, 1.54) is 0 Å². The summed E-state index contributed by atoms with van der Waals surface area (Å²) in [5.41, 5.74) is 2.79. The van der Waals surface area contributed by atoms with Crippen LogP contribution < -0.4 is 0 Å². The van der Waals surface area contributed by atoms with Gasteiger partial charge in [0, 0.05) is 19.0 Å². The second-order valence-corrected chi connectivity index (χ2v) is 9.88. The summed E-state index contributed by atoms with van der Waals surface area (Å²) in [6.07, 6.45) is 1.32. The van der Waals surface area contributed by atoms with Crippen LogP contribution in [0, 0.1) is 13.8 Å². The van der Waals surface area contributed by atoms with Crippen molar-refractivity contribution in [3.63, 3.8) is 0 Å². The number of hydrogen-bond acceptors (Lipinski definition) is 6. The molecule has 4 rings (SSSR count). The van der Waals surface area contributed by atoms with Gasteiger partial charge in [-0.2, -0.15) is 9.29 Å². The van der Waals surface area contributed by atoms with Gasteiger partial charge in [-0.15, -0.1) is 0 Å². The number of hydrogen-bond donors (Lipinski definition) is 0. The zero-order valence-corrected chi connectivity index (χ0v) is 18.6. The molecular formula is C23H27N3O4S. The van der Waals surface area contributed by atoms with E-state index >= 15 is 0 Å². The first-order chi connectivity index (χ1) is 14.9. The predicted molar refractivity (Wildman–Crippen MR) is 116 cm³/mol. The Bertz CT molecular complexity index is 1120. The highest BCUT2D eigenvalue weighted by molar-refractivity contribution is 7.89. The molecule has 1 aromatic heterocycles. The van der Waals surface area contributed by atoms with E-state index in [2.05, 4.69) is 10.1 Å². The standard InChI is InChI=1S/C23H27N3O4S/c1-17-8-9-18(2)21(14-17)31(27,28)26-12-10-20(11-13-26)23-24-22(30-25-23)16-29-15-19-6-4-3-5-7-19/h3-9,14,20H,10-13,15-16H2,1-2H3. The second-order valence-electron chi connectivity index (χ2n) is 7.97. The molecule has 0 saturated carbocycles. The molecule has 1 aliphatic rings. The Morgan fingerprint density at radius 3 is 2.55 bits per heavy atom. The van der Waals surface area contributed by atoms with Crippen molar-refractivity contribution in [1.29, 1.82) is 0 Å². The molecule has 0 amide bonds. The van der Waals surface area contributed by atoms with Crippen LogP contribution in [0.2, 0.25) is 0 Å². The van der Waals surface area contributed by atoms with Crippen LogP contribution >= 0.6 is 0 Å². The van der Waals surface area contributed by atoms with E-state index in [-0.39, 0.29) is 12.5 Å². The first-order valence-corrected chi connectivity index (χ1v) is 11.9. The van der Waals surface area contributed by atoms with Crippen molar-refractivity contribution in [2.24, 2.45) is 0 Å². The highest BCUT2D eigenvalue weighted by Crippen LogP contribution is 2.30. The molecule has 0 spiro atoms. The lowest BCUT2D eigenvalue weighted by Gasteiger charge is -2.30. The van der Waals surface area contributed by atoms with Crippen LogP contribution in [-0.4, -0.2) is 36.0 Å². The Hall–Kier alpha value is -2.55. The van der Waals surface area contributed by atoms with Crippen LogP contribution in [0.15, 0.2) is 57.9 Å². The van der Waals surface area contributed by atoms with Gasteiger partial charge in [-0.25, -0.2) is 8.42 Å². The minimum absolute atomic E-state index is 0.0803. The Morgan fingerprint density at radius 2 is 1.81 bits per heavy atom. The third kappa shape index (κ3) is 5.03. The molecule has 2 aromatic carbocycles. The normalized spacial score (nSPS) is 15.9. The van der Waals surface area contributed by atoms with E-state index in [0.717, 1.165) is 16.7 Å². The number of benzene rings is 2. The van der Waals surface area contributed by atoms with E-state index < -0.39 is 10.0 Å². The van der Waals surface area contributed by atoms with Gasteiger partial charge in [0.1, 0.15) is 6.61 Å². The van der Waals surface area contributed by atoms with Crippen molar-refractivity contribution in [2.45, 2.75) is 50.7 Å². The average Bonchev–Trinajstić information content (AvgIpc) is 3.25. The van der Waals surface area contributed by atoms with Crippen LogP contribution in [-0.2, 0) is 28.0 Å². The molecule has 0 radical (unpaired) electrons. The third-order valence-electron chi connectivity index (χ3n) is 5.60. The van der Waals surface area contributed by atoms with Gasteiger partial charge in [0.2, 0.25) is 10.0 Å². The smallest absolute Gasteiger partial charge is 0.252 e. The summed E-state index contributed by atoms with van der Waals surface area (Å²) in [6, 6.07) is 15.4. The molecule has 1 fully saturated rings. The fourth-order valence-corrected chi connectivity index (χ4v) is 5.58. The lowest BCUT2D eigenvalue weighted by atomic mass is 9.98. The van der Waals surface area contributed by atoms with Gasteiger partial charge < -0.3 is 9.26 Å². The van der Waals surface area contributed by atoms with Crippen molar-refractivity contribution in [3.8, 4) is 0 Å². The lowest BCUT2D eigenvalue weighted by Crippen LogP contribution is -2.38. The van der Waals surface area contributed by atoms with Gasteiger partial charge in [0.05, 0.1) is 11.5 Å². The fourth-order valence-electron chi connectivity index (χ4n) is 3.80. The molecule has 2 heterocycles. The second kappa shape index (κ2) is 9.30. The molecule has 0 aliphatic carbocycles. The molecule has 0 atom stereocenters. The SMILES string of the molecule is Cc1ccc(C)c(S(=O)(=O)N2CCC(c3noc(COCc4ccccc4)n3)CC2)c1. The Labute approximate surface area is 183 Å². The number of nitrogens with zero attached hydrogens (tertiary/aromatic N) is 3. The molecule has 1 aliphatic heterocycles. The minimum Gasteiger partial charge on any atom is -0.367 e. The van der Waals surface area contributed by atoms with Crippen molar-refractivity contribution >= 4 is 10.0 Å². The monoisotopic (exact) mass is 441 g/mol. The Kier molecular flexibility index (Phi) is 6.50. The summed E-state index contributed by atoms with van der Waals surface area (Å²) in [5, 5.41) is 4.10. The fraction of sp³-hybridized carbons (Fsp3) is 0.391. The van der Waals surface area contributed by atoms with E-state index in [9.17, 15) is 8.42 Å². The molecule has 0 N–H and O–H groups in total. The molecule has 0 unspecified atom stereocenters. The van der Waals surface area contributed by atoms with Crippen LogP contribution in [0.3, 0.4) is 0 Å². The molecule has 3 aromatic rings. The Morgan fingerprint density at radius 1 is 1.06 bits per heavy atom. The largest absolute Gasteiger partial charge is 0.367 e. The number of ether oxygens (including phenoxy) is 1. The molecule has 164 valence electrons. The van der Waals surface area contributed by atoms with E-state index in [1.807, 2.05) is 56.3 Å². The molecular weight excluding hydrogens is 414 g/mol. The van der Waals surface area contributed by atoms with Gasteiger partial charge in [-0.3, -0.25) is 0 Å². The first-order valence-electron chi connectivity index (χ1n) is 10.4. The maximum Gasteiger partial charge on any atom is 0.252 e. The van der Waals surface area contributed by atoms with Crippen LogP contribution in [0.1, 0.15) is 47.2 Å². The first kappa shape index (κ1) is 21.7. The molecule has 0 bridgehead atoms. The maximum absolute atomic E-state index is 13.1. The van der Waals surface area contributed by atoms with Crippen molar-refractivity contribution in [3.05, 3.63) is 76.9 Å². The number of aryl methyl sites for hydroxylation is 2. The van der Waals surface area contributed by atoms with Crippen LogP contribution in [0.5, 0.6) is 0 Å². The van der Waals surface area contributed by atoms with Gasteiger partial charge in [0.25, 0.3) is 5.89 Å². The summed E-state index contributed by atoms with van der Waals surface area (Å²) in [7, 11) is -3.50. The molecule has 7 nitrogen and oxygen atoms in total. The van der Waals surface area contributed by atoms with Crippen molar-refractivity contribution < 1.29 is 17.7 Å². The zero-order chi connectivity index (χ0) is 21.8. The summed E-state index contributed by atoms with van der Waals surface area (Å²) >= 11 is 0. The van der Waals surface area contributed by atoms with Crippen molar-refractivity contribution in [2.75, 3.05) is 13.1 Å². The average molecular weight is 442 g/mol. The summed E-state index contributed by atoms with van der Waals surface area (Å²) in [6.45, 7) is 5.35. The zero-order valence-electron chi connectivity index (χ0n) is 17.8. The minimum atomic E-state index is -3.50. The molecule has 1 saturated heterocycles. The van der Waals surface area contributed by atoms with E-state index in [0.29, 0.717) is 49.1 Å². The molecule has 8 heteroatoms. The summed E-state index contributed by atoms with van der Waals surface area (Å²) in [5.74, 6) is 1.15. The lowest BCUT2D eigenvalue weighted by molar-refractivity contribution is 0.0850. The summed E-state index contributed by atoms with van der Waals surface area (Å²) < 4.78 is 38.8. The number of sulfonamides is 1. The number of rotatable bonds is 7. The van der Waals surface area contributed by atoms with E-state index in [4.69, 9.17) is 9.26 Å². The van der Waals surface area contributed by atoms with E-state index in [1.54, 1.807) is 10.4 Å². The van der Waals surface area contributed by atoms with Gasteiger partial charge in [-0.05, 0) is 49.4 Å². The number of piperidine rings is 1. The van der Waals surface area contributed by atoms with Crippen LogP contribution in [0.4, 0.5) is 0 Å². The highest BCUT2D eigenvalue weighted by atomic mass is 32.2. The van der Waals surface area contributed by atoms with Gasteiger partial charge >= 0.3 is 0 Å². The van der Waals surface area contributed by atoms with Crippen LogP contribution in [0.25, 0.3) is 0 Å².